The minimum atomic E-state index is -3.12. The molecule has 0 rings (SSSR count). The fraction of sp³-hybridized carbons (Fsp3) is 0.857. The summed E-state index contributed by atoms with van der Waals surface area (Å²) in [5, 5.41) is 0. The van der Waals surface area contributed by atoms with Gasteiger partial charge in [0.25, 0.3) is 0 Å². The first kappa shape index (κ1) is 13.7. The molecule has 0 fully saturated rings. The number of hydrogen-bond acceptors (Lipinski definition) is 5. The van der Waals surface area contributed by atoms with Crippen LogP contribution in [0.25, 0.3) is 0 Å². The molecule has 0 bridgehead atoms. The monoisotopic (exact) mass is 240 g/mol. The van der Waals surface area contributed by atoms with E-state index in [1.165, 1.54) is 11.8 Å². The summed E-state index contributed by atoms with van der Waals surface area (Å²) in [5.74, 6) is 0.642. The molecule has 0 spiro atoms. The van der Waals surface area contributed by atoms with Gasteiger partial charge in [-0.15, -0.1) is 0 Å². The summed E-state index contributed by atoms with van der Waals surface area (Å²) in [6.45, 7) is 0.548. The second-order valence-electron chi connectivity index (χ2n) is 2.77. The lowest BCUT2D eigenvalue weighted by Gasteiger charge is -2.02. The molecule has 7 heteroatoms. The van der Waals surface area contributed by atoms with Gasteiger partial charge in [0.15, 0.2) is 9.84 Å². The lowest BCUT2D eigenvalue weighted by molar-refractivity contribution is -0.117. The Morgan fingerprint density at radius 1 is 1.21 bits per heavy atom. The van der Waals surface area contributed by atoms with Crippen LogP contribution in [-0.2, 0) is 14.6 Å². The molecule has 0 aliphatic heterocycles. The summed E-state index contributed by atoms with van der Waals surface area (Å²) in [6, 6.07) is 0. The zero-order valence-corrected chi connectivity index (χ0v) is 9.57. The number of sulfone groups is 1. The van der Waals surface area contributed by atoms with Crippen molar-refractivity contribution >= 4 is 27.5 Å². The maximum atomic E-state index is 11.2. The van der Waals surface area contributed by atoms with Crippen LogP contribution >= 0.6 is 11.8 Å². The van der Waals surface area contributed by atoms with Crippen molar-refractivity contribution in [1.82, 2.24) is 0 Å². The minimum Gasteiger partial charge on any atom is -0.370 e. The second kappa shape index (κ2) is 7.08. The fourth-order valence-electron chi connectivity index (χ4n) is 0.729. The number of carbonyl (C=O) groups is 1. The molecule has 0 unspecified atom stereocenters. The molecule has 5 nitrogen and oxygen atoms in total. The maximum Gasteiger partial charge on any atom is 0.218 e. The maximum absolute atomic E-state index is 11.2. The van der Waals surface area contributed by atoms with Crippen molar-refractivity contribution < 1.29 is 13.2 Å². The first-order valence-corrected chi connectivity index (χ1v) is 7.22. The largest absolute Gasteiger partial charge is 0.370 e. The van der Waals surface area contributed by atoms with E-state index < -0.39 is 15.7 Å². The molecule has 0 atom stereocenters. The molecule has 4 N–H and O–H groups in total. The average molecular weight is 240 g/mol. The van der Waals surface area contributed by atoms with Crippen LogP contribution in [0.3, 0.4) is 0 Å². The SMILES string of the molecule is NCCSCCS(=O)(=O)CCC(N)=O. The third-order valence-corrected chi connectivity index (χ3v) is 4.39. The van der Waals surface area contributed by atoms with Crippen molar-refractivity contribution in [3.8, 4) is 0 Å². The first-order valence-electron chi connectivity index (χ1n) is 4.24. The normalized spacial score (nSPS) is 11.5. The van der Waals surface area contributed by atoms with E-state index in [1.807, 2.05) is 0 Å². The second-order valence-corrected chi connectivity index (χ2v) is 6.30. The first-order chi connectivity index (χ1) is 6.48. The summed E-state index contributed by atoms with van der Waals surface area (Å²) in [5.41, 5.74) is 10.1. The number of nitrogens with two attached hydrogens (primary N) is 2. The van der Waals surface area contributed by atoms with Crippen molar-refractivity contribution in [2.24, 2.45) is 11.5 Å². The number of thioether (sulfide) groups is 1. The van der Waals surface area contributed by atoms with Crippen LogP contribution in [0.2, 0.25) is 0 Å². The van der Waals surface area contributed by atoms with E-state index in [0.29, 0.717) is 12.3 Å². The molecule has 84 valence electrons. The van der Waals surface area contributed by atoms with Crippen LogP contribution in [0, 0.1) is 0 Å². The Morgan fingerprint density at radius 2 is 1.86 bits per heavy atom. The van der Waals surface area contributed by atoms with Crippen LogP contribution in [0.4, 0.5) is 0 Å². The Bertz CT molecular complexity index is 264. The lowest BCUT2D eigenvalue weighted by atomic mass is 10.5. The van der Waals surface area contributed by atoms with E-state index in [4.69, 9.17) is 11.5 Å². The van der Waals surface area contributed by atoms with Gasteiger partial charge in [0.1, 0.15) is 0 Å². The van der Waals surface area contributed by atoms with Gasteiger partial charge >= 0.3 is 0 Å². The van der Waals surface area contributed by atoms with Crippen LogP contribution in [0.15, 0.2) is 0 Å². The molecule has 0 aromatic rings. The smallest absolute Gasteiger partial charge is 0.218 e. The highest BCUT2D eigenvalue weighted by atomic mass is 32.2. The van der Waals surface area contributed by atoms with Crippen molar-refractivity contribution in [2.45, 2.75) is 6.42 Å². The third kappa shape index (κ3) is 8.33. The van der Waals surface area contributed by atoms with Crippen molar-refractivity contribution in [1.29, 1.82) is 0 Å². The molecule has 0 saturated carbocycles. The van der Waals surface area contributed by atoms with Gasteiger partial charge in [-0.1, -0.05) is 0 Å². The van der Waals surface area contributed by atoms with Gasteiger partial charge in [-0.25, -0.2) is 8.42 Å². The van der Waals surface area contributed by atoms with E-state index in [2.05, 4.69) is 0 Å². The molecular formula is C7H16N2O3S2. The molecule has 0 aromatic carbocycles. The molecular weight excluding hydrogens is 224 g/mol. The Labute approximate surface area is 88.5 Å². The van der Waals surface area contributed by atoms with Crippen LogP contribution in [0.1, 0.15) is 6.42 Å². The average Bonchev–Trinajstić information content (AvgIpc) is 2.10. The zero-order valence-electron chi connectivity index (χ0n) is 7.94. The van der Waals surface area contributed by atoms with Gasteiger partial charge in [0, 0.05) is 24.5 Å². The van der Waals surface area contributed by atoms with Crippen molar-refractivity contribution in [2.75, 3.05) is 29.6 Å². The molecule has 0 radical (unpaired) electrons. The zero-order chi connectivity index (χ0) is 11.0. The minimum absolute atomic E-state index is 0.0882. The standard InChI is InChI=1S/C7H16N2O3S2/c8-2-3-13-4-6-14(11,12)5-1-7(9)10/h1-6,8H2,(H2,9,10). The molecule has 0 saturated heterocycles. The summed E-state index contributed by atoms with van der Waals surface area (Å²) < 4.78 is 22.5. The number of rotatable bonds is 8. The molecule has 0 aliphatic carbocycles. The Hall–Kier alpha value is -0.270. The van der Waals surface area contributed by atoms with Crippen LogP contribution in [0.5, 0.6) is 0 Å². The third-order valence-electron chi connectivity index (χ3n) is 1.46. The molecule has 14 heavy (non-hydrogen) atoms. The van der Waals surface area contributed by atoms with E-state index >= 15 is 0 Å². The molecule has 0 heterocycles. The number of carbonyl (C=O) groups excluding carboxylic acids is 1. The number of hydrogen-bond donors (Lipinski definition) is 2. The topological polar surface area (TPSA) is 103 Å². The lowest BCUT2D eigenvalue weighted by Crippen LogP contribution is -2.20. The predicted octanol–water partition coefficient (Wildman–Crippen LogP) is -1.03. The van der Waals surface area contributed by atoms with Gasteiger partial charge in [0.2, 0.25) is 5.91 Å². The van der Waals surface area contributed by atoms with E-state index in [9.17, 15) is 13.2 Å². The molecule has 0 aromatic heterocycles. The van der Waals surface area contributed by atoms with E-state index in [1.54, 1.807) is 0 Å². The van der Waals surface area contributed by atoms with Crippen LogP contribution in [-0.4, -0.2) is 43.9 Å². The Kier molecular flexibility index (Phi) is 6.94. The van der Waals surface area contributed by atoms with Crippen molar-refractivity contribution in [3.05, 3.63) is 0 Å². The molecule has 1 amide bonds. The van der Waals surface area contributed by atoms with Crippen molar-refractivity contribution in [3.63, 3.8) is 0 Å². The predicted molar refractivity (Wildman–Crippen MR) is 58.8 cm³/mol. The van der Waals surface area contributed by atoms with Gasteiger partial charge in [-0.3, -0.25) is 4.79 Å². The summed E-state index contributed by atoms with van der Waals surface area (Å²) >= 11 is 1.49. The van der Waals surface area contributed by atoms with Gasteiger partial charge in [-0.2, -0.15) is 11.8 Å². The Balaban J connectivity index is 3.67. The number of amides is 1. The summed E-state index contributed by atoms with van der Waals surface area (Å²) in [4.78, 5) is 10.4. The Morgan fingerprint density at radius 3 is 2.36 bits per heavy atom. The quantitative estimate of drug-likeness (QED) is 0.528. The van der Waals surface area contributed by atoms with E-state index in [-0.39, 0.29) is 17.9 Å². The van der Waals surface area contributed by atoms with Gasteiger partial charge < -0.3 is 11.5 Å². The highest BCUT2D eigenvalue weighted by Crippen LogP contribution is 2.02. The van der Waals surface area contributed by atoms with E-state index in [0.717, 1.165) is 5.75 Å². The van der Waals surface area contributed by atoms with Gasteiger partial charge in [0.05, 0.1) is 11.5 Å². The highest BCUT2D eigenvalue weighted by molar-refractivity contribution is 8.00. The number of primary amides is 1. The molecule has 0 aliphatic rings. The highest BCUT2D eigenvalue weighted by Gasteiger charge is 2.11. The van der Waals surface area contributed by atoms with Crippen LogP contribution < -0.4 is 11.5 Å². The summed E-state index contributed by atoms with van der Waals surface area (Å²) in [6.07, 6.45) is -0.0934. The summed E-state index contributed by atoms with van der Waals surface area (Å²) in [7, 11) is -3.12. The van der Waals surface area contributed by atoms with Gasteiger partial charge in [-0.05, 0) is 0 Å². The fourth-order valence-corrected chi connectivity index (χ4v) is 3.30.